The van der Waals surface area contributed by atoms with Crippen LogP contribution in [0.5, 0.6) is 0 Å². The van der Waals surface area contributed by atoms with Crippen molar-refractivity contribution in [1.82, 2.24) is 0 Å². The van der Waals surface area contributed by atoms with E-state index in [2.05, 4.69) is 0 Å². The van der Waals surface area contributed by atoms with Crippen molar-refractivity contribution < 1.29 is 14.7 Å². The van der Waals surface area contributed by atoms with Crippen LogP contribution in [0.15, 0.2) is 30.3 Å². The zero-order chi connectivity index (χ0) is 12.1. The molecule has 1 rings (SSSR count). The number of carbonyl (C=O) groups excluding carboxylic acids is 2. The van der Waals surface area contributed by atoms with Crippen molar-refractivity contribution >= 4 is 11.8 Å². The highest BCUT2D eigenvalue weighted by Crippen LogP contribution is 2.18. The van der Waals surface area contributed by atoms with Crippen molar-refractivity contribution in [1.29, 1.82) is 0 Å². The molecular weight excluding hydrogens is 204 g/mol. The summed E-state index contributed by atoms with van der Waals surface area (Å²) in [5.41, 5.74) is 0.968. The van der Waals surface area contributed by atoms with Gasteiger partial charge in [-0.3, -0.25) is 4.79 Å². The molecule has 0 saturated heterocycles. The van der Waals surface area contributed by atoms with Gasteiger partial charge in [0.15, 0.2) is 5.78 Å². The van der Waals surface area contributed by atoms with E-state index in [0.717, 1.165) is 5.56 Å². The smallest absolute Gasteiger partial charge is 0.181 e. The first kappa shape index (κ1) is 12.4. The summed E-state index contributed by atoms with van der Waals surface area (Å²) in [5, 5.41) is 10.6. The second-order valence-corrected chi connectivity index (χ2v) is 4.19. The average molecular weight is 219 g/mol. The van der Waals surface area contributed by atoms with Gasteiger partial charge in [0, 0.05) is 5.92 Å². The van der Waals surface area contributed by atoms with Crippen LogP contribution in [-0.2, 0) is 16.0 Å². The SMILES string of the molecule is CC(C)C(Cc1ccccc1)C(=O)C(=O)[O-]. The number of carboxylic acid groups (broad SMARTS) is 1. The molecular formula is C13H15O3-. The summed E-state index contributed by atoms with van der Waals surface area (Å²) in [6.07, 6.45) is 0.450. The Labute approximate surface area is 95.1 Å². The Hall–Kier alpha value is -1.64. The highest BCUT2D eigenvalue weighted by molar-refractivity contribution is 6.32. The molecule has 0 radical (unpaired) electrons. The molecule has 3 heteroatoms. The molecule has 0 aliphatic rings. The molecule has 3 nitrogen and oxygen atoms in total. The van der Waals surface area contributed by atoms with Gasteiger partial charge < -0.3 is 9.90 Å². The number of ketones is 1. The van der Waals surface area contributed by atoms with Crippen LogP contribution in [0.3, 0.4) is 0 Å². The van der Waals surface area contributed by atoms with E-state index in [9.17, 15) is 14.7 Å². The second kappa shape index (κ2) is 5.45. The highest BCUT2D eigenvalue weighted by atomic mass is 16.4. The maximum absolute atomic E-state index is 11.4. The fourth-order valence-corrected chi connectivity index (χ4v) is 1.65. The number of Topliss-reactive ketones (excluding diaryl/α,β-unsaturated/α-hetero) is 1. The molecule has 0 aromatic heterocycles. The summed E-state index contributed by atoms with van der Waals surface area (Å²) < 4.78 is 0. The number of rotatable bonds is 5. The van der Waals surface area contributed by atoms with Gasteiger partial charge in [-0.15, -0.1) is 0 Å². The van der Waals surface area contributed by atoms with Crippen molar-refractivity contribution in [3.63, 3.8) is 0 Å². The molecule has 0 bridgehead atoms. The summed E-state index contributed by atoms with van der Waals surface area (Å²) in [6.45, 7) is 3.68. The Balaban J connectivity index is 2.81. The zero-order valence-corrected chi connectivity index (χ0v) is 9.47. The van der Waals surface area contributed by atoms with Gasteiger partial charge in [0.2, 0.25) is 0 Å². The van der Waals surface area contributed by atoms with Gasteiger partial charge in [0.1, 0.15) is 5.97 Å². The summed E-state index contributed by atoms with van der Waals surface area (Å²) in [5.74, 6) is -2.91. The predicted octanol–water partition coefficient (Wildman–Crippen LogP) is 0.820. The zero-order valence-electron chi connectivity index (χ0n) is 9.47. The topological polar surface area (TPSA) is 57.2 Å². The molecule has 16 heavy (non-hydrogen) atoms. The largest absolute Gasteiger partial charge is 0.542 e. The molecule has 0 fully saturated rings. The quantitative estimate of drug-likeness (QED) is 0.689. The third-order valence-corrected chi connectivity index (χ3v) is 2.64. The van der Waals surface area contributed by atoms with Gasteiger partial charge in [0.25, 0.3) is 0 Å². The lowest BCUT2D eigenvalue weighted by Gasteiger charge is -2.19. The molecule has 0 spiro atoms. The van der Waals surface area contributed by atoms with Crippen molar-refractivity contribution in [3.8, 4) is 0 Å². The molecule has 1 aromatic carbocycles. The molecule has 0 aliphatic heterocycles. The van der Waals surface area contributed by atoms with Gasteiger partial charge in [-0.1, -0.05) is 44.2 Å². The van der Waals surface area contributed by atoms with Crippen LogP contribution in [0, 0.1) is 11.8 Å². The van der Waals surface area contributed by atoms with Crippen molar-refractivity contribution in [2.45, 2.75) is 20.3 Å². The van der Waals surface area contributed by atoms with Crippen molar-refractivity contribution in [2.24, 2.45) is 11.8 Å². The molecule has 86 valence electrons. The molecule has 0 heterocycles. The Bertz CT molecular complexity index is 368. The van der Waals surface area contributed by atoms with Crippen molar-refractivity contribution in [2.75, 3.05) is 0 Å². The van der Waals surface area contributed by atoms with Gasteiger partial charge in [0.05, 0.1) is 0 Å². The number of carbonyl (C=O) groups is 2. The molecule has 1 aromatic rings. The number of hydrogen-bond acceptors (Lipinski definition) is 3. The Morgan fingerprint density at radius 3 is 2.19 bits per heavy atom. The number of benzene rings is 1. The monoisotopic (exact) mass is 219 g/mol. The van der Waals surface area contributed by atoms with E-state index in [1.54, 1.807) is 0 Å². The lowest BCUT2D eigenvalue weighted by molar-refractivity contribution is -0.300. The third kappa shape index (κ3) is 3.19. The van der Waals surface area contributed by atoms with E-state index in [4.69, 9.17) is 0 Å². The Kier molecular flexibility index (Phi) is 4.23. The van der Waals surface area contributed by atoms with Crippen LogP contribution in [0.1, 0.15) is 19.4 Å². The van der Waals surface area contributed by atoms with Crippen molar-refractivity contribution in [3.05, 3.63) is 35.9 Å². The lowest BCUT2D eigenvalue weighted by Crippen LogP contribution is -2.39. The fourth-order valence-electron chi connectivity index (χ4n) is 1.65. The normalized spacial score (nSPS) is 12.4. The maximum atomic E-state index is 11.4. The number of hydrogen-bond donors (Lipinski definition) is 0. The van der Waals surface area contributed by atoms with Gasteiger partial charge in [-0.2, -0.15) is 0 Å². The number of carboxylic acids is 1. The Morgan fingerprint density at radius 1 is 1.19 bits per heavy atom. The van der Waals surface area contributed by atoms with Crippen LogP contribution in [0.25, 0.3) is 0 Å². The van der Waals surface area contributed by atoms with Crippen LogP contribution >= 0.6 is 0 Å². The molecule has 0 N–H and O–H groups in total. The lowest BCUT2D eigenvalue weighted by atomic mass is 9.86. The van der Waals surface area contributed by atoms with Gasteiger partial charge in [-0.05, 0) is 17.9 Å². The van der Waals surface area contributed by atoms with E-state index in [0.29, 0.717) is 6.42 Å². The molecule has 1 atom stereocenters. The van der Waals surface area contributed by atoms with Gasteiger partial charge in [-0.25, -0.2) is 0 Å². The molecule has 1 unspecified atom stereocenters. The van der Waals surface area contributed by atoms with E-state index < -0.39 is 17.7 Å². The van der Waals surface area contributed by atoms with Crippen LogP contribution in [0.2, 0.25) is 0 Å². The molecule has 0 saturated carbocycles. The minimum atomic E-state index is -1.59. The highest BCUT2D eigenvalue weighted by Gasteiger charge is 2.22. The fraction of sp³-hybridized carbons (Fsp3) is 0.385. The summed E-state index contributed by atoms with van der Waals surface area (Å²) >= 11 is 0. The summed E-state index contributed by atoms with van der Waals surface area (Å²) in [7, 11) is 0. The van der Waals surface area contributed by atoms with Gasteiger partial charge >= 0.3 is 0 Å². The number of aliphatic carboxylic acids is 1. The first-order chi connectivity index (χ1) is 7.52. The third-order valence-electron chi connectivity index (χ3n) is 2.64. The first-order valence-corrected chi connectivity index (χ1v) is 5.31. The molecule has 0 aliphatic carbocycles. The standard InChI is InChI=1S/C13H16O3/c1-9(2)11(12(14)13(15)16)8-10-6-4-3-5-7-10/h3-7,9,11H,8H2,1-2H3,(H,15,16)/p-1. The van der Waals surface area contributed by atoms with Crippen LogP contribution in [0.4, 0.5) is 0 Å². The maximum Gasteiger partial charge on any atom is 0.181 e. The second-order valence-electron chi connectivity index (χ2n) is 4.19. The van der Waals surface area contributed by atoms with E-state index >= 15 is 0 Å². The Morgan fingerprint density at radius 2 is 1.75 bits per heavy atom. The minimum absolute atomic E-state index is 0.00870. The van der Waals surface area contributed by atoms with Crippen LogP contribution < -0.4 is 5.11 Å². The summed E-state index contributed by atoms with van der Waals surface area (Å²) in [4.78, 5) is 22.0. The summed E-state index contributed by atoms with van der Waals surface area (Å²) in [6, 6.07) is 9.40. The molecule has 0 amide bonds. The van der Waals surface area contributed by atoms with E-state index in [1.165, 1.54) is 0 Å². The van der Waals surface area contributed by atoms with E-state index in [1.807, 2.05) is 44.2 Å². The minimum Gasteiger partial charge on any atom is -0.542 e. The predicted molar refractivity (Wildman–Crippen MR) is 58.5 cm³/mol. The van der Waals surface area contributed by atoms with E-state index in [-0.39, 0.29) is 5.92 Å². The first-order valence-electron chi connectivity index (χ1n) is 5.31. The average Bonchev–Trinajstić information content (AvgIpc) is 2.26. The van der Waals surface area contributed by atoms with Crippen LogP contribution in [-0.4, -0.2) is 11.8 Å².